The molecule has 0 spiro atoms. The second kappa shape index (κ2) is 6.34. The van der Waals surface area contributed by atoms with E-state index in [4.69, 9.17) is 0 Å². The van der Waals surface area contributed by atoms with Gasteiger partial charge in [-0.3, -0.25) is 4.68 Å². The van der Waals surface area contributed by atoms with Crippen LogP contribution in [0.1, 0.15) is 36.2 Å². The molecule has 1 saturated heterocycles. The number of aryl methyl sites for hydroxylation is 1. The van der Waals surface area contributed by atoms with Gasteiger partial charge in [0.05, 0.1) is 12.2 Å². The van der Waals surface area contributed by atoms with Crippen molar-refractivity contribution < 1.29 is 0 Å². The minimum Gasteiger partial charge on any atom is -0.316 e. The lowest BCUT2D eigenvalue weighted by molar-refractivity contribution is 0.217. The molecule has 0 saturated carbocycles. The predicted octanol–water partition coefficient (Wildman–Crippen LogP) is 1.71. The van der Waals surface area contributed by atoms with Crippen molar-refractivity contribution in [3.8, 4) is 0 Å². The van der Waals surface area contributed by atoms with E-state index < -0.39 is 0 Å². The van der Waals surface area contributed by atoms with Crippen LogP contribution < -0.4 is 5.32 Å². The van der Waals surface area contributed by atoms with Crippen LogP contribution in [0.5, 0.6) is 0 Å². The summed E-state index contributed by atoms with van der Waals surface area (Å²) in [5.41, 5.74) is 3.84. The molecule has 0 amide bonds. The van der Waals surface area contributed by atoms with Crippen molar-refractivity contribution in [1.82, 2.24) is 20.0 Å². The van der Waals surface area contributed by atoms with Gasteiger partial charge in [0.2, 0.25) is 0 Å². The average molecular weight is 250 g/mol. The molecule has 102 valence electrons. The Kier molecular flexibility index (Phi) is 4.78. The molecule has 0 bridgehead atoms. The molecule has 1 aliphatic rings. The molecule has 4 heteroatoms. The molecule has 1 aromatic heterocycles. The largest absolute Gasteiger partial charge is 0.316 e. The topological polar surface area (TPSA) is 33.1 Å². The van der Waals surface area contributed by atoms with Gasteiger partial charge in [-0.15, -0.1) is 0 Å². The first-order valence-corrected chi connectivity index (χ1v) is 7.12. The first-order valence-electron chi connectivity index (χ1n) is 7.12. The molecular formula is C14H26N4. The lowest BCUT2D eigenvalue weighted by Gasteiger charge is -2.26. The zero-order valence-corrected chi connectivity index (χ0v) is 12.0. The SMILES string of the molecule is CNCc1c(C)nn(CCN2CCCCC2)c1C. The molecular weight excluding hydrogens is 224 g/mol. The van der Waals surface area contributed by atoms with Crippen LogP contribution >= 0.6 is 0 Å². The number of hydrogen-bond donors (Lipinski definition) is 1. The summed E-state index contributed by atoms with van der Waals surface area (Å²) < 4.78 is 2.18. The molecule has 1 aliphatic heterocycles. The molecule has 4 nitrogen and oxygen atoms in total. The van der Waals surface area contributed by atoms with E-state index in [1.807, 2.05) is 7.05 Å². The van der Waals surface area contributed by atoms with Gasteiger partial charge in [0.15, 0.2) is 0 Å². The minimum atomic E-state index is 0.918. The van der Waals surface area contributed by atoms with E-state index in [0.717, 1.165) is 19.6 Å². The maximum absolute atomic E-state index is 4.66. The molecule has 0 aliphatic carbocycles. The van der Waals surface area contributed by atoms with Crippen molar-refractivity contribution in [3.05, 3.63) is 17.0 Å². The fourth-order valence-corrected chi connectivity index (χ4v) is 2.80. The third-order valence-electron chi connectivity index (χ3n) is 3.96. The summed E-state index contributed by atoms with van der Waals surface area (Å²) in [6, 6.07) is 0. The van der Waals surface area contributed by atoms with Crippen molar-refractivity contribution in [2.75, 3.05) is 26.7 Å². The Labute approximate surface area is 110 Å². The van der Waals surface area contributed by atoms with Gasteiger partial charge in [-0.2, -0.15) is 5.10 Å². The van der Waals surface area contributed by atoms with Gasteiger partial charge >= 0.3 is 0 Å². The highest BCUT2D eigenvalue weighted by Gasteiger charge is 2.13. The maximum Gasteiger partial charge on any atom is 0.0641 e. The van der Waals surface area contributed by atoms with Crippen molar-refractivity contribution in [1.29, 1.82) is 0 Å². The van der Waals surface area contributed by atoms with E-state index in [-0.39, 0.29) is 0 Å². The highest BCUT2D eigenvalue weighted by Crippen LogP contribution is 2.13. The fraction of sp³-hybridized carbons (Fsp3) is 0.786. The third-order valence-corrected chi connectivity index (χ3v) is 3.96. The van der Waals surface area contributed by atoms with Crippen LogP contribution in [0.3, 0.4) is 0 Å². The summed E-state index contributed by atoms with van der Waals surface area (Å²) in [5, 5.41) is 7.88. The van der Waals surface area contributed by atoms with Crippen LogP contribution in [0, 0.1) is 13.8 Å². The fourth-order valence-electron chi connectivity index (χ4n) is 2.80. The Morgan fingerprint density at radius 1 is 1.11 bits per heavy atom. The number of likely N-dealkylation sites (tertiary alicyclic amines) is 1. The number of aromatic nitrogens is 2. The smallest absolute Gasteiger partial charge is 0.0641 e. The molecule has 1 N–H and O–H groups in total. The van der Waals surface area contributed by atoms with Crippen molar-refractivity contribution in [2.45, 2.75) is 46.2 Å². The van der Waals surface area contributed by atoms with E-state index in [1.165, 1.54) is 49.3 Å². The molecule has 0 radical (unpaired) electrons. The van der Waals surface area contributed by atoms with Crippen molar-refractivity contribution in [3.63, 3.8) is 0 Å². The van der Waals surface area contributed by atoms with E-state index >= 15 is 0 Å². The van der Waals surface area contributed by atoms with Gasteiger partial charge in [-0.05, 0) is 46.8 Å². The van der Waals surface area contributed by atoms with Gasteiger partial charge in [0.25, 0.3) is 0 Å². The molecule has 18 heavy (non-hydrogen) atoms. The van der Waals surface area contributed by atoms with Crippen LogP contribution in [0.15, 0.2) is 0 Å². The molecule has 0 aromatic carbocycles. The van der Waals surface area contributed by atoms with E-state index in [0.29, 0.717) is 0 Å². The summed E-state index contributed by atoms with van der Waals surface area (Å²) in [5.74, 6) is 0. The molecule has 1 aromatic rings. The Morgan fingerprint density at radius 3 is 2.50 bits per heavy atom. The van der Waals surface area contributed by atoms with E-state index in [1.54, 1.807) is 0 Å². The highest BCUT2D eigenvalue weighted by molar-refractivity contribution is 5.24. The van der Waals surface area contributed by atoms with Crippen LogP contribution in [0.4, 0.5) is 0 Å². The second-order valence-electron chi connectivity index (χ2n) is 5.31. The van der Waals surface area contributed by atoms with Crippen molar-refractivity contribution in [2.24, 2.45) is 0 Å². The standard InChI is InChI=1S/C14H26N4/c1-12-14(11-15-3)13(2)18(16-12)10-9-17-7-5-4-6-8-17/h15H,4-11H2,1-3H3. The summed E-state index contributed by atoms with van der Waals surface area (Å²) in [4.78, 5) is 2.57. The summed E-state index contributed by atoms with van der Waals surface area (Å²) in [6.45, 7) is 9.91. The van der Waals surface area contributed by atoms with Gasteiger partial charge in [0, 0.05) is 24.3 Å². The van der Waals surface area contributed by atoms with Gasteiger partial charge in [-0.1, -0.05) is 6.42 Å². The predicted molar refractivity (Wildman–Crippen MR) is 74.8 cm³/mol. The number of nitrogens with zero attached hydrogens (tertiary/aromatic N) is 3. The number of hydrogen-bond acceptors (Lipinski definition) is 3. The molecule has 2 rings (SSSR count). The monoisotopic (exact) mass is 250 g/mol. The first-order chi connectivity index (χ1) is 8.72. The average Bonchev–Trinajstić information content (AvgIpc) is 2.66. The van der Waals surface area contributed by atoms with Crippen LogP contribution in [-0.2, 0) is 13.1 Å². The Bertz CT molecular complexity index is 377. The zero-order chi connectivity index (χ0) is 13.0. The quantitative estimate of drug-likeness (QED) is 0.863. The molecule has 0 unspecified atom stereocenters. The number of rotatable bonds is 5. The Hall–Kier alpha value is -0.870. The molecule has 1 fully saturated rings. The summed E-state index contributed by atoms with van der Waals surface area (Å²) in [6.07, 6.45) is 4.13. The van der Waals surface area contributed by atoms with E-state index in [9.17, 15) is 0 Å². The second-order valence-corrected chi connectivity index (χ2v) is 5.31. The summed E-state index contributed by atoms with van der Waals surface area (Å²) in [7, 11) is 1.99. The minimum absolute atomic E-state index is 0.918. The number of piperidine rings is 1. The first kappa shape index (κ1) is 13.6. The van der Waals surface area contributed by atoms with Gasteiger partial charge in [-0.25, -0.2) is 0 Å². The summed E-state index contributed by atoms with van der Waals surface area (Å²) >= 11 is 0. The Morgan fingerprint density at radius 2 is 1.83 bits per heavy atom. The van der Waals surface area contributed by atoms with E-state index in [2.05, 4.69) is 33.8 Å². The van der Waals surface area contributed by atoms with Crippen LogP contribution in [0.25, 0.3) is 0 Å². The van der Waals surface area contributed by atoms with Gasteiger partial charge in [0.1, 0.15) is 0 Å². The third kappa shape index (κ3) is 3.12. The molecule has 2 heterocycles. The van der Waals surface area contributed by atoms with Crippen LogP contribution in [0.2, 0.25) is 0 Å². The zero-order valence-electron chi connectivity index (χ0n) is 12.0. The lowest BCUT2D eigenvalue weighted by atomic mass is 10.1. The van der Waals surface area contributed by atoms with Gasteiger partial charge < -0.3 is 10.2 Å². The number of nitrogens with one attached hydrogen (secondary N) is 1. The van der Waals surface area contributed by atoms with Crippen LogP contribution in [-0.4, -0.2) is 41.4 Å². The Balaban J connectivity index is 1.94. The lowest BCUT2D eigenvalue weighted by Crippen LogP contribution is -2.32. The maximum atomic E-state index is 4.66. The van der Waals surface area contributed by atoms with Crippen molar-refractivity contribution >= 4 is 0 Å². The normalized spacial score (nSPS) is 17.3. The molecule has 0 atom stereocenters. The highest BCUT2D eigenvalue weighted by atomic mass is 15.3.